The second kappa shape index (κ2) is 16.0. The number of alkyl halides is 3. The van der Waals surface area contributed by atoms with Crippen LogP contribution in [0.15, 0.2) is 54.9 Å². The molecule has 0 amide bonds. The topological polar surface area (TPSA) is 78.4 Å². The zero-order valence-electron chi connectivity index (χ0n) is 24.5. The van der Waals surface area contributed by atoms with Crippen LogP contribution in [0.2, 0.25) is 0 Å². The van der Waals surface area contributed by atoms with Crippen molar-refractivity contribution in [2.24, 2.45) is 0 Å². The van der Waals surface area contributed by atoms with Gasteiger partial charge in [0.2, 0.25) is 0 Å². The summed E-state index contributed by atoms with van der Waals surface area (Å²) in [5.74, 6) is -0.983. The highest BCUT2D eigenvalue weighted by atomic mass is 19.4. The molecule has 0 saturated carbocycles. The van der Waals surface area contributed by atoms with Gasteiger partial charge in [0.15, 0.2) is 11.9 Å². The summed E-state index contributed by atoms with van der Waals surface area (Å²) in [5.41, 5.74) is 2.45. The average molecular weight is 585 g/mol. The summed E-state index contributed by atoms with van der Waals surface area (Å²) >= 11 is 0. The molecule has 226 valence electrons. The molecule has 1 atom stereocenters. The Bertz CT molecular complexity index is 1290. The summed E-state index contributed by atoms with van der Waals surface area (Å²) in [6.45, 7) is 5.51. The molecule has 0 unspecified atom stereocenters. The molecule has 6 nitrogen and oxygen atoms in total. The third kappa shape index (κ3) is 9.96. The van der Waals surface area contributed by atoms with E-state index in [1.54, 1.807) is 31.2 Å². The number of rotatable bonds is 15. The maximum absolute atomic E-state index is 13.3. The highest BCUT2D eigenvalue weighted by Gasteiger charge is 2.42. The van der Waals surface area contributed by atoms with Crippen LogP contribution in [0.5, 0.6) is 5.75 Å². The Morgan fingerprint density at radius 2 is 1.48 bits per heavy atom. The first-order chi connectivity index (χ1) is 20.1. The fourth-order valence-corrected chi connectivity index (χ4v) is 4.46. The van der Waals surface area contributed by atoms with Gasteiger partial charge in [0, 0.05) is 18.0 Å². The molecule has 1 heterocycles. The standard InChI is InChI=1S/C33H39F3N2O4/c1-4-6-8-9-10-11-12-24-21-37-30(38-22-24)25-14-16-26(17-15-25)31(39)41-27-18-19-28(23(3)20-27)32(40)42-29(13-7-5-2)33(34,35)36/h14-22,29H,4-13H2,1-3H3/t29-/m0/s1. The van der Waals surface area contributed by atoms with Gasteiger partial charge in [-0.3, -0.25) is 0 Å². The van der Waals surface area contributed by atoms with Gasteiger partial charge >= 0.3 is 18.1 Å². The number of benzene rings is 2. The molecule has 0 aliphatic heterocycles. The van der Waals surface area contributed by atoms with E-state index in [4.69, 9.17) is 9.47 Å². The molecule has 0 aliphatic rings. The van der Waals surface area contributed by atoms with E-state index in [9.17, 15) is 22.8 Å². The Morgan fingerprint density at radius 3 is 2.10 bits per heavy atom. The van der Waals surface area contributed by atoms with E-state index < -0.39 is 24.2 Å². The molecule has 0 N–H and O–H groups in total. The quantitative estimate of drug-likeness (QED) is 0.101. The molecule has 0 bridgehead atoms. The molecule has 9 heteroatoms. The van der Waals surface area contributed by atoms with E-state index in [1.165, 1.54) is 57.2 Å². The predicted octanol–water partition coefficient (Wildman–Crippen LogP) is 8.85. The fraction of sp³-hybridized carbons (Fsp3) is 0.455. The van der Waals surface area contributed by atoms with E-state index in [0.29, 0.717) is 23.4 Å². The summed E-state index contributed by atoms with van der Waals surface area (Å²) in [7, 11) is 0. The number of hydrogen-bond acceptors (Lipinski definition) is 6. The molecule has 0 radical (unpaired) electrons. The number of hydrogen-bond donors (Lipinski definition) is 0. The zero-order valence-corrected chi connectivity index (χ0v) is 24.5. The largest absolute Gasteiger partial charge is 0.449 e. The Kier molecular flexibility index (Phi) is 12.5. The summed E-state index contributed by atoms with van der Waals surface area (Å²) in [5, 5.41) is 0. The molecule has 3 rings (SSSR count). The first-order valence-electron chi connectivity index (χ1n) is 14.6. The zero-order chi connectivity index (χ0) is 30.5. The Morgan fingerprint density at radius 1 is 0.833 bits per heavy atom. The second-order valence-electron chi connectivity index (χ2n) is 10.5. The maximum Gasteiger partial charge on any atom is 0.425 e. The normalized spacial score (nSPS) is 12.1. The smallest absolute Gasteiger partial charge is 0.425 e. The molecule has 0 fully saturated rings. The maximum atomic E-state index is 13.3. The van der Waals surface area contributed by atoms with Crippen molar-refractivity contribution in [3.8, 4) is 17.1 Å². The van der Waals surface area contributed by atoms with Crippen LogP contribution in [-0.2, 0) is 11.2 Å². The molecule has 0 aliphatic carbocycles. The van der Waals surface area contributed by atoms with Crippen molar-refractivity contribution in [1.82, 2.24) is 9.97 Å². The second-order valence-corrected chi connectivity index (χ2v) is 10.5. The van der Waals surface area contributed by atoms with E-state index >= 15 is 0 Å². The lowest BCUT2D eigenvalue weighted by Gasteiger charge is -2.21. The molecule has 3 aromatic rings. The summed E-state index contributed by atoms with van der Waals surface area (Å²) in [4.78, 5) is 34.1. The predicted molar refractivity (Wildman–Crippen MR) is 155 cm³/mol. The van der Waals surface area contributed by atoms with Crippen molar-refractivity contribution >= 4 is 11.9 Å². The van der Waals surface area contributed by atoms with E-state index in [0.717, 1.165) is 24.0 Å². The van der Waals surface area contributed by atoms with Crippen LogP contribution in [0, 0.1) is 6.92 Å². The fourth-order valence-electron chi connectivity index (χ4n) is 4.46. The van der Waals surface area contributed by atoms with Crippen molar-refractivity contribution < 1.29 is 32.2 Å². The average Bonchev–Trinajstić information content (AvgIpc) is 2.97. The minimum Gasteiger partial charge on any atom is -0.449 e. The number of aromatic nitrogens is 2. The van der Waals surface area contributed by atoms with Crippen LogP contribution < -0.4 is 4.74 Å². The molecule has 42 heavy (non-hydrogen) atoms. The molecular weight excluding hydrogens is 545 g/mol. The lowest BCUT2D eigenvalue weighted by Crippen LogP contribution is -2.34. The van der Waals surface area contributed by atoms with Gasteiger partial charge in [0.1, 0.15) is 5.75 Å². The minimum absolute atomic E-state index is 0.0251. The van der Waals surface area contributed by atoms with Crippen LogP contribution in [0.1, 0.15) is 103 Å². The van der Waals surface area contributed by atoms with E-state index in [-0.39, 0.29) is 24.2 Å². The van der Waals surface area contributed by atoms with Gasteiger partial charge in [-0.05, 0) is 74.1 Å². The van der Waals surface area contributed by atoms with Crippen LogP contribution in [-0.4, -0.2) is 34.2 Å². The Balaban J connectivity index is 1.56. The van der Waals surface area contributed by atoms with E-state index in [1.807, 2.05) is 12.4 Å². The lowest BCUT2D eigenvalue weighted by atomic mass is 10.1. The van der Waals surface area contributed by atoms with Crippen molar-refractivity contribution in [2.45, 2.75) is 97.3 Å². The van der Waals surface area contributed by atoms with Gasteiger partial charge in [-0.1, -0.05) is 64.5 Å². The number of esters is 2. The number of carbonyl (C=O) groups excluding carboxylic acids is 2. The first kappa shape index (κ1) is 32.8. The Labute approximate surface area is 245 Å². The van der Waals surface area contributed by atoms with E-state index in [2.05, 4.69) is 16.9 Å². The van der Waals surface area contributed by atoms with Crippen LogP contribution >= 0.6 is 0 Å². The van der Waals surface area contributed by atoms with Gasteiger partial charge < -0.3 is 9.47 Å². The van der Waals surface area contributed by atoms with Gasteiger partial charge in [0.25, 0.3) is 0 Å². The van der Waals surface area contributed by atoms with Crippen molar-refractivity contribution in [1.29, 1.82) is 0 Å². The third-order valence-corrected chi connectivity index (χ3v) is 6.97. The minimum atomic E-state index is -4.65. The number of aryl methyl sites for hydroxylation is 2. The lowest BCUT2D eigenvalue weighted by molar-refractivity contribution is -0.206. The first-order valence-corrected chi connectivity index (χ1v) is 14.6. The third-order valence-electron chi connectivity index (χ3n) is 6.97. The molecule has 0 spiro atoms. The monoisotopic (exact) mass is 584 g/mol. The van der Waals surface area contributed by atoms with Gasteiger partial charge in [-0.25, -0.2) is 19.6 Å². The SMILES string of the molecule is CCCCCCCCc1cnc(-c2ccc(C(=O)Oc3ccc(C(=O)O[C@@H](CCCC)C(F)(F)F)c(C)c3)cc2)nc1. The molecule has 1 aromatic heterocycles. The molecular formula is C33H39F3N2O4. The van der Waals surface area contributed by atoms with Crippen molar-refractivity contribution in [3.63, 3.8) is 0 Å². The van der Waals surface area contributed by atoms with Crippen LogP contribution in [0.4, 0.5) is 13.2 Å². The number of carbonyl (C=O) groups is 2. The molecule has 0 saturated heterocycles. The van der Waals surface area contributed by atoms with Gasteiger partial charge in [-0.2, -0.15) is 13.2 Å². The van der Waals surface area contributed by atoms with Gasteiger partial charge in [0.05, 0.1) is 11.1 Å². The molecule has 2 aromatic carbocycles. The van der Waals surface area contributed by atoms with Crippen molar-refractivity contribution in [3.05, 3.63) is 77.1 Å². The number of ether oxygens (including phenoxy) is 2. The summed E-state index contributed by atoms with van der Waals surface area (Å²) in [6, 6.07) is 10.8. The summed E-state index contributed by atoms with van der Waals surface area (Å²) < 4.78 is 50.0. The van der Waals surface area contributed by atoms with Crippen molar-refractivity contribution in [2.75, 3.05) is 0 Å². The summed E-state index contributed by atoms with van der Waals surface area (Å²) in [6.07, 6.45) is 5.74. The van der Waals surface area contributed by atoms with Crippen LogP contribution in [0.25, 0.3) is 11.4 Å². The van der Waals surface area contributed by atoms with Crippen LogP contribution in [0.3, 0.4) is 0 Å². The highest BCUT2D eigenvalue weighted by Crippen LogP contribution is 2.29. The number of halogens is 3. The Hall–Kier alpha value is -3.75. The number of unbranched alkanes of at least 4 members (excludes halogenated alkanes) is 6. The number of nitrogens with zero attached hydrogens (tertiary/aromatic N) is 2. The highest BCUT2D eigenvalue weighted by molar-refractivity contribution is 5.93. The van der Waals surface area contributed by atoms with Gasteiger partial charge in [-0.15, -0.1) is 0 Å².